The second kappa shape index (κ2) is 8.26. The summed E-state index contributed by atoms with van der Waals surface area (Å²) in [6, 6.07) is 5.35. The molecule has 1 unspecified atom stereocenters. The van der Waals surface area contributed by atoms with Gasteiger partial charge < -0.3 is 5.11 Å². The van der Waals surface area contributed by atoms with Gasteiger partial charge in [-0.25, -0.2) is 0 Å². The van der Waals surface area contributed by atoms with Crippen LogP contribution in [0, 0.1) is 17.8 Å². The van der Waals surface area contributed by atoms with Gasteiger partial charge in [-0.15, -0.1) is 0 Å². The molecule has 3 aliphatic carbocycles. The number of rotatable bonds is 4. The molecular formula is C25H34F2O. The van der Waals surface area contributed by atoms with Crippen molar-refractivity contribution >= 4 is 6.08 Å². The largest absolute Gasteiger partial charge is 0.382 e. The van der Waals surface area contributed by atoms with Gasteiger partial charge in [0.1, 0.15) is 6.10 Å². The highest BCUT2D eigenvalue weighted by Gasteiger charge is 2.42. The fourth-order valence-corrected chi connectivity index (χ4v) is 6.03. The highest BCUT2D eigenvalue weighted by Crippen LogP contribution is 2.46. The number of benzene rings is 1. The van der Waals surface area contributed by atoms with E-state index >= 15 is 0 Å². The van der Waals surface area contributed by atoms with Crippen LogP contribution < -0.4 is 0 Å². The zero-order chi connectivity index (χ0) is 19.7. The summed E-state index contributed by atoms with van der Waals surface area (Å²) in [5.74, 6) is 0.0674. The van der Waals surface area contributed by atoms with Gasteiger partial charge in [-0.05, 0) is 79.4 Å². The van der Waals surface area contributed by atoms with Crippen molar-refractivity contribution in [2.75, 3.05) is 0 Å². The molecule has 0 spiro atoms. The molecular weight excluding hydrogens is 354 g/mol. The minimum Gasteiger partial charge on any atom is -0.382 e. The van der Waals surface area contributed by atoms with Crippen molar-refractivity contribution in [3.8, 4) is 0 Å². The van der Waals surface area contributed by atoms with Gasteiger partial charge in [-0.3, -0.25) is 0 Å². The molecule has 1 aromatic rings. The fourth-order valence-electron chi connectivity index (χ4n) is 6.03. The summed E-state index contributed by atoms with van der Waals surface area (Å²) in [6.07, 6.45) is 14.5. The highest BCUT2D eigenvalue weighted by atomic mass is 19.3. The quantitative estimate of drug-likeness (QED) is 0.586. The maximum Gasteiger partial charge on any atom is 0.302 e. The Morgan fingerprint density at radius 2 is 1.61 bits per heavy atom. The first-order valence-corrected chi connectivity index (χ1v) is 11.4. The van der Waals surface area contributed by atoms with Crippen LogP contribution in [-0.4, -0.2) is 11.2 Å². The summed E-state index contributed by atoms with van der Waals surface area (Å²) in [5, 5.41) is 9.56. The number of alkyl halides is 2. The van der Waals surface area contributed by atoms with E-state index < -0.39 is 12.0 Å². The Morgan fingerprint density at radius 1 is 0.964 bits per heavy atom. The molecule has 3 aliphatic rings. The maximum atomic E-state index is 14.2. The number of aliphatic hydroxyl groups is 1. The van der Waals surface area contributed by atoms with E-state index in [1.807, 2.05) is 12.1 Å². The minimum atomic E-state index is -3.18. The van der Waals surface area contributed by atoms with E-state index in [2.05, 4.69) is 6.92 Å². The molecule has 0 amide bonds. The van der Waals surface area contributed by atoms with Crippen LogP contribution in [0.2, 0.25) is 0 Å². The first kappa shape index (κ1) is 20.1. The lowest BCUT2D eigenvalue weighted by Crippen LogP contribution is -2.32. The van der Waals surface area contributed by atoms with Crippen molar-refractivity contribution in [1.82, 2.24) is 0 Å². The molecule has 1 N–H and O–H groups in total. The summed E-state index contributed by atoms with van der Waals surface area (Å²) in [5.41, 5.74) is 1.73. The Bertz CT molecular complexity index is 694. The normalized spacial score (nSPS) is 34.8. The summed E-state index contributed by atoms with van der Waals surface area (Å²) in [7, 11) is 0. The molecule has 1 aromatic carbocycles. The van der Waals surface area contributed by atoms with Crippen LogP contribution in [0.3, 0.4) is 0 Å². The molecule has 1 atom stereocenters. The zero-order valence-electron chi connectivity index (χ0n) is 17.0. The highest BCUT2D eigenvalue weighted by molar-refractivity contribution is 5.60. The minimum absolute atomic E-state index is 0.0382. The molecule has 0 bridgehead atoms. The van der Waals surface area contributed by atoms with Crippen molar-refractivity contribution < 1.29 is 13.9 Å². The Labute approximate surface area is 168 Å². The van der Waals surface area contributed by atoms with Crippen LogP contribution in [0.1, 0.15) is 93.7 Å². The van der Waals surface area contributed by atoms with Crippen molar-refractivity contribution in [2.45, 2.75) is 89.1 Å². The van der Waals surface area contributed by atoms with E-state index in [4.69, 9.17) is 0 Å². The van der Waals surface area contributed by atoms with E-state index in [9.17, 15) is 13.9 Å². The molecule has 0 aliphatic heterocycles. The maximum absolute atomic E-state index is 14.2. The molecule has 154 valence electrons. The predicted molar refractivity (Wildman–Crippen MR) is 110 cm³/mol. The molecule has 2 fully saturated rings. The summed E-state index contributed by atoms with van der Waals surface area (Å²) in [6.45, 7) is 2.30. The monoisotopic (exact) mass is 388 g/mol. The molecule has 4 rings (SSSR count). The van der Waals surface area contributed by atoms with Gasteiger partial charge in [0, 0.05) is 5.56 Å². The SMILES string of the molecule is CCCC1CCC(C2CCC(c3ccc4c(c3)C=CC(O)C4(F)F)CC2)CC1. The molecule has 0 saturated heterocycles. The molecule has 28 heavy (non-hydrogen) atoms. The Balaban J connectivity index is 1.36. The van der Waals surface area contributed by atoms with E-state index in [1.165, 1.54) is 75.8 Å². The van der Waals surface area contributed by atoms with Gasteiger partial charge in [-0.2, -0.15) is 8.78 Å². The van der Waals surface area contributed by atoms with Crippen molar-refractivity contribution in [3.63, 3.8) is 0 Å². The Kier molecular flexibility index (Phi) is 5.92. The van der Waals surface area contributed by atoms with Crippen LogP contribution >= 0.6 is 0 Å². The van der Waals surface area contributed by atoms with Crippen LogP contribution in [0.15, 0.2) is 24.3 Å². The Morgan fingerprint density at radius 3 is 2.25 bits per heavy atom. The number of fused-ring (bicyclic) bond motifs is 1. The smallest absolute Gasteiger partial charge is 0.302 e. The van der Waals surface area contributed by atoms with Gasteiger partial charge in [-0.1, -0.05) is 56.9 Å². The Hall–Kier alpha value is -1.22. The van der Waals surface area contributed by atoms with Crippen LogP contribution in [0.5, 0.6) is 0 Å². The predicted octanol–water partition coefficient (Wildman–Crippen LogP) is 7.05. The number of hydrogen-bond acceptors (Lipinski definition) is 1. The average molecular weight is 389 g/mol. The third-order valence-electron chi connectivity index (χ3n) is 7.76. The third kappa shape index (κ3) is 3.92. The topological polar surface area (TPSA) is 20.2 Å². The van der Waals surface area contributed by atoms with Gasteiger partial charge in [0.15, 0.2) is 0 Å². The average Bonchev–Trinajstić information content (AvgIpc) is 2.72. The van der Waals surface area contributed by atoms with Crippen LogP contribution in [0.25, 0.3) is 6.08 Å². The van der Waals surface area contributed by atoms with Crippen molar-refractivity contribution in [2.24, 2.45) is 17.8 Å². The molecule has 1 nitrogen and oxygen atoms in total. The molecule has 0 aromatic heterocycles. The molecule has 2 saturated carbocycles. The van der Waals surface area contributed by atoms with Gasteiger partial charge in [0.05, 0.1) is 0 Å². The third-order valence-corrected chi connectivity index (χ3v) is 7.76. The first-order chi connectivity index (χ1) is 13.5. The lowest BCUT2D eigenvalue weighted by Gasteiger charge is -2.38. The van der Waals surface area contributed by atoms with Gasteiger partial charge in [0.25, 0.3) is 0 Å². The number of aliphatic hydroxyl groups excluding tert-OH is 1. The molecule has 3 heteroatoms. The molecule has 0 radical (unpaired) electrons. The van der Waals surface area contributed by atoms with Crippen molar-refractivity contribution in [3.05, 3.63) is 41.0 Å². The zero-order valence-corrected chi connectivity index (χ0v) is 17.0. The number of hydrogen-bond donors (Lipinski definition) is 1. The van der Waals surface area contributed by atoms with E-state index in [0.29, 0.717) is 11.5 Å². The lowest BCUT2D eigenvalue weighted by molar-refractivity contribution is -0.0940. The van der Waals surface area contributed by atoms with Gasteiger partial charge >= 0.3 is 5.92 Å². The van der Waals surface area contributed by atoms with Crippen molar-refractivity contribution in [1.29, 1.82) is 0 Å². The van der Waals surface area contributed by atoms with E-state index in [-0.39, 0.29) is 5.56 Å². The molecule has 0 heterocycles. The van der Waals surface area contributed by atoms with Crippen LogP contribution in [-0.2, 0) is 5.92 Å². The lowest BCUT2D eigenvalue weighted by atomic mass is 9.68. The second-order valence-electron chi connectivity index (χ2n) is 9.45. The fraction of sp³-hybridized carbons (Fsp3) is 0.680. The summed E-state index contributed by atoms with van der Waals surface area (Å²) in [4.78, 5) is 0. The van der Waals surface area contributed by atoms with Crippen LogP contribution in [0.4, 0.5) is 8.78 Å². The van der Waals surface area contributed by atoms with E-state index in [1.54, 1.807) is 12.1 Å². The first-order valence-electron chi connectivity index (χ1n) is 11.4. The van der Waals surface area contributed by atoms with E-state index in [0.717, 1.165) is 17.8 Å². The summed E-state index contributed by atoms with van der Waals surface area (Å²) < 4.78 is 28.4. The number of halogens is 2. The van der Waals surface area contributed by atoms with Gasteiger partial charge in [0.2, 0.25) is 0 Å². The standard InChI is InChI=1S/C25H34F2O/c1-2-3-17-4-6-18(7-5-17)19-8-10-20(11-9-19)21-12-14-23-22(16-21)13-15-24(28)25(23,26)27/h12-20,24,28H,2-11H2,1H3. The summed E-state index contributed by atoms with van der Waals surface area (Å²) >= 11 is 0. The second-order valence-corrected chi connectivity index (χ2v) is 9.45.